The molecule has 5 nitrogen and oxygen atoms in total. The van der Waals surface area contributed by atoms with Crippen LogP contribution in [0.4, 0.5) is 8.78 Å². The Hall–Kier alpha value is -1.64. The molecule has 0 saturated heterocycles. The number of methoxy groups -OCH3 is 1. The molecule has 1 atom stereocenters. The van der Waals surface area contributed by atoms with Gasteiger partial charge in [0.2, 0.25) is 5.88 Å². The van der Waals surface area contributed by atoms with E-state index in [4.69, 9.17) is 10.6 Å². The van der Waals surface area contributed by atoms with Gasteiger partial charge in [0.1, 0.15) is 5.69 Å². The average molecular weight is 345 g/mol. The Morgan fingerprint density at radius 2 is 2.00 bits per heavy atom. The molecule has 20 heavy (non-hydrogen) atoms. The van der Waals surface area contributed by atoms with Gasteiger partial charge in [-0.15, -0.1) is 0 Å². The number of nitrogens with one attached hydrogen (secondary N) is 1. The maximum Gasteiger partial charge on any atom is 0.237 e. The van der Waals surface area contributed by atoms with E-state index < -0.39 is 17.7 Å². The van der Waals surface area contributed by atoms with Crippen molar-refractivity contribution in [1.29, 1.82) is 0 Å². The Balaban J connectivity index is 2.56. The van der Waals surface area contributed by atoms with Gasteiger partial charge in [-0.2, -0.15) is 0 Å². The minimum atomic E-state index is -0.995. The fraction of sp³-hybridized carbons (Fsp3) is 0.167. The number of benzene rings is 1. The summed E-state index contributed by atoms with van der Waals surface area (Å²) in [6, 6.07) is 1.71. The highest BCUT2D eigenvalue weighted by Crippen LogP contribution is 2.32. The first-order valence-corrected chi connectivity index (χ1v) is 6.33. The monoisotopic (exact) mass is 344 g/mol. The van der Waals surface area contributed by atoms with Crippen LogP contribution in [0, 0.1) is 11.6 Å². The van der Waals surface area contributed by atoms with Crippen molar-refractivity contribution >= 4 is 15.9 Å². The number of hydrazine groups is 1. The summed E-state index contributed by atoms with van der Waals surface area (Å²) in [5.74, 6) is 3.80. The van der Waals surface area contributed by atoms with Crippen LogP contribution >= 0.6 is 15.9 Å². The second kappa shape index (κ2) is 6.21. The molecule has 1 unspecified atom stereocenters. The second-order valence-corrected chi connectivity index (χ2v) is 4.61. The second-order valence-electron chi connectivity index (χ2n) is 3.82. The summed E-state index contributed by atoms with van der Waals surface area (Å²) in [4.78, 5) is 8.12. The van der Waals surface area contributed by atoms with Gasteiger partial charge in [0.05, 0.1) is 17.6 Å². The van der Waals surface area contributed by atoms with Gasteiger partial charge in [-0.25, -0.2) is 19.2 Å². The molecule has 0 fully saturated rings. The molecule has 8 heteroatoms. The van der Waals surface area contributed by atoms with Crippen molar-refractivity contribution in [3.8, 4) is 5.88 Å². The van der Waals surface area contributed by atoms with Crippen molar-refractivity contribution in [2.75, 3.05) is 7.11 Å². The number of aromatic nitrogens is 2. The number of ether oxygens (including phenoxy) is 1. The summed E-state index contributed by atoms with van der Waals surface area (Å²) in [7, 11) is 1.43. The van der Waals surface area contributed by atoms with E-state index in [-0.39, 0.29) is 10.4 Å². The first-order valence-electron chi connectivity index (χ1n) is 5.54. The molecular formula is C12H11BrF2N4O. The van der Waals surface area contributed by atoms with E-state index in [2.05, 4.69) is 31.3 Å². The Labute approximate surface area is 122 Å². The summed E-state index contributed by atoms with van der Waals surface area (Å²) in [6.07, 6.45) is 2.91. The Bertz CT molecular complexity index is 626. The summed E-state index contributed by atoms with van der Waals surface area (Å²) in [6.45, 7) is 0. The summed E-state index contributed by atoms with van der Waals surface area (Å²) in [5.41, 5.74) is 3.24. The quantitative estimate of drug-likeness (QED) is 0.504. The molecule has 0 spiro atoms. The molecule has 1 heterocycles. The topological polar surface area (TPSA) is 73.1 Å². The molecule has 0 radical (unpaired) electrons. The van der Waals surface area contributed by atoms with Crippen LogP contribution in [0.5, 0.6) is 5.88 Å². The van der Waals surface area contributed by atoms with Crippen molar-refractivity contribution in [3.05, 3.63) is 51.9 Å². The lowest BCUT2D eigenvalue weighted by molar-refractivity contribution is 0.382. The zero-order valence-corrected chi connectivity index (χ0v) is 12.0. The molecule has 0 aliphatic rings. The van der Waals surface area contributed by atoms with Gasteiger partial charge in [-0.05, 0) is 27.6 Å². The highest BCUT2D eigenvalue weighted by atomic mass is 79.9. The van der Waals surface area contributed by atoms with Crippen molar-refractivity contribution < 1.29 is 13.5 Å². The van der Waals surface area contributed by atoms with Gasteiger partial charge < -0.3 is 4.74 Å². The SMILES string of the molecule is COc1nccnc1C(NN)c1ccc(F)c(F)c1Br. The van der Waals surface area contributed by atoms with Crippen molar-refractivity contribution in [2.24, 2.45) is 5.84 Å². The van der Waals surface area contributed by atoms with E-state index in [0.29, 0.717) is 11.3 Å². The molecule has 2 rings (SSSR count). The Morgan fingerprint density at radius 3 is 2.65 bits per heavy atom. The molecule has 3 N–H and O–H groups in total. The molecule has 0 saturated carbocycles. The number of hydrogen-bond acceptors (Lipinski definition) is 5. The van der Waals surface area contributed by atoms with Crippen LogP contribution in [0.15, 0.2) is 29.0 Å². The van der Waals surface area contributed by atoms with Gasteiger partial charge in [0, 0.05) is 12.4 Å². The van der Waals surface area contributed by atoms with E-state index in [1.165, 1.54) is 25.6 Å². The standard InChI is InChI=1S/C12H11BrF2N4O/c1-20-12-11(17-4-5-18-12)10(19-16)6-2-3-7(14)9(15)8(6)13/h2-5,10,19H,16H2,1H3. The normalized spacial score (nSPS) is 12.2. The first-order chi connectivity index (χ1) is 9.60. The molecule has 106 valence electrons. The zero-order chi connectivity index (χ0) is 14.7. The Kier molecular flexibility index (Phi) is 4.58. The highest BCUT2D eigenvalue weighted by molar-refractivity contribution is 9.10. The van der Waals surface area contributed by atoms with Crippen LogP contribution in [0.1, 0.15) is 17.3 Å². The predicted octanol–water partition coefficient (Wildman–Crippen LogP) is 2.08. The van der Waals surface area contributed by atoms with Crippen molar-refractivity contribution in [3.63, 3.8) is 0 Å². The van der Waals surface area contributed by atoms with Crippen LogP contribution in [0.2, 0.25) is 0 Å². The predicted molar refractivity (Wildman–Crippen MR) is 71.8 cm³/mol. The minimum Gasteiger partial charge on any atom is -0.480 e. The lowest BCUT2D eigenvalue weighted by Gasteiger charge is -2.19. The summed E-state index contributed by atoms with van der Waals surface area (Å²) < 4.78 is 31.9. The van der Waals surface area contributed by atoms with Crippen LogP contribution in [-0.2, 0) is 0 Å². The van der Waals surface area contributed by atoms with E-state index >= 15 is 0 Å². The third-order valence-electron chi connectivity index (χ3n) is 2.70. The molecule has 1 aromatic carbocycles. The number of nitrogens with zero attached hydrogens (tertiary/aromatic N) is 2. The van der Waals surface area contributed by atoms with Gasteiger partial charge in [-0.3, -0.25) is 10.8 Å². The van der Waals surface area contributed by atoms with Crippen LogP contribution < -0.4 is 16.0 Å². The van der Waals surface area contributed by atoms with Crippen LogP contribution in [0.3, 0.4) is 0 Å². The largest absolute Gasteiger partial charge is 0.480 e. The van der Waals surface area contributed by atoms with E-state index in [1.54, 1.807) is 0 Å². The third kappa shape index (κ3) is 2.62. The number of halogens is 3. The van der Waals surface area contributed by atoms with Gasteiger partial charge >= 0.3 is 0 Å². The molecule has 0 aliphatic carbocycles. The summed E-state index contributed by atoms with van der Waals surface area (Å²) >= 11 is 3.02. The average Bonchev–Trinajstić information content (AvgIpc) is 2.48. The van der Waals surface area contributed by atoms with Crippen LogP contribution in [0.25, 0.3) is 0 Å². The zero-order valence-electron chi connectivity index (χ0n) is 10.4. The van der Waals surface area contributed by atoms with Crippen molar-refractivity contribution in [1.82, 2.24) is 15.4 Å². The smallest absolute Gasteiger partial charge is 0.237 e. The van der Waals surface area contributed by atoms with Gasteiger partial charge in [-0.1, -0.05) is 6.07 Å². The molecule has 0 aliphatic heterocycles. The molecule has 1 aromatic heterocycles. The maximum absolute atomic E-state index is 13.6. The van der Waals surface area contributed by atoms with E-state index in [0.717, 1.165) is 6.07 Å². The molecular weight excluding hydrogens is 334 g/mol. The molecule has 0 amide bonds. The molecule has 2 aromatic rings. The van der Waals surface area contributed by atoms with Crippen LogP contribution in [-0.4, -0.2) is 17.1 Å². The highest BCUT2D eigenvalue weighted by Gasteiger charge is 2.24. The fourth-order valence-electron chi connectivity index (χ4n) is 1.77. The fourth-order valence-corrected chi connectivity index (χ4v) is 2.32. The Morgan fingerprint density at radius 1 is 1.30 bits per heavy atom. The first kappa shape index (κ1) is 14.8. The third-order valence-corrected chi connectivity index (χ3v) is 3.51. The lowest BCUT2D eigenvalue weighted by Crippen LogP contribution is -2.30. The number of hydrogen-bond donors (Lipinski definition) is 2. The van der Waals surface area contributed by atoms with Gasteiger partial charge in [0.15, 0.2) is 11.6 Å². The molecule has 0 bridgehead atoms. The van der Waals surface area contributed by atoms with Gasteiger partial charge in [0.25, 0.3) is 0 Å². The number of rotatable bonds is 4. The van der Waals surface area contributed by atoms with E-state index in [1.807, 2.05) is 0 Å². The lowest BCUT2D eigenvalue weighted by atomic mass is 10.0. The number of nitrogens with two attached hydrogens (primary N) is 1. The summed E-state index contributed by atoms with van der Waals surface area (Å²) in [5, 5.41) is 0. The maximum atomic E-state index is 13.6. The minimum absolute atomic E-state index is 0.0341. The van der Waals surface area contributed by atoms with E-state index in [9.17, 15) is 8.78 Å². The van der Waals surface area contributed by atoms with Crippen molar-refractivity contribution in [2.45, 2.75) is 6.04 Å².